The van der Waals surface area contributed by atoms with E-state index in [2.05, 4.69) is 15.8 Å². The van der Waals surface area contributed by atoms with Gasteiger partial charge in [-0.15, -0.1) is 0 Å². The number of pyridine rings is 1. The van der Waals surface area contributed by atoms with Crippen LogP contribution in [0.1, 0.15) is 28.5 Å². The normalized spacial score (nSPS) is 26.2. The van der Waals surface area contributed by atoms with Crippen LogP contribution in [-0.2, 0) is 0 Å². The molecule has 2 aliphatic rings. The second-order valence-corrected chi connectivity index (χ2v) is 6.34. The number of nitrogens with one attached hydrogen (secondary N) is 2. The van der Waals surface area contributed by atoms with Gasteiger partial charge in [0.05, 0.1) is 6.04 Å². The molecular formula is C18H19FN4O. The Morgan fingerprint density at radius 2 is 2.00 bits per heavy atom. The van der Waals surface area contributed by atoms with E-state index in [4.69, 9.17) is 0 Å². The Bertz CT molecular complexity index is 722. The highest BCUT2D eigenvalue weighted by Crippen LogP contribution is 2.34. The molecule has 1 amide bonds. The summed E-state index contributed by atoms with van der Waals surface area (Å²) in [6.45, 7) is 1.36. The van der Waals surface area contributed by atoms with E-state index >= 15 is 0 Å². The maximum atomic E-state index is 13.2. The van der Waals surface area contributed by atoms with E-state index in [9.17, 15) is 9.18 Å². The summed E-state index contributed by atoms with van der Waals surface area (Å²) < 4.78 is 13.2. The third kappa shape index (κ3) is 2.79. The lowest BCUT2D eigenvalue weighted by Crippen LogP contribution is -2.48. The van der Waals surface area contributed by atoms with E-state index in [0.29, 0.717) is 24.8 Å². The fraction of sp³-hybridized carbons (Fsp3) is 0.333. The highest BCUT2D eigenvalue weighted by Gasteiger charge is 2.41. The van der Waals surface area contributed by atoms with Crippen LogP contribution in [0.4, 0.5) is 4.39 Å². The number of nitrogens with zero attached hydrogens (tertiary/aromatic N) is 2. The van der Waals surface area contributed by atoms with Gasteiger partial charge in [0.2, 0.25) is 0 Å². The monoisotopic (exact) mass is 326 g/mol. The standard InChI is InChI=1S/C18H19FN4O/c19-13-6-4-12(5-7-13)17-14-11-23(10-8-15(14)21-22-17)18(24)16-3-1-2-9-20-16/h1-7,9,14-15,17,21-22H,8,10-11H2. The lowest BCUT2D eigenvalue weighted by atomic mass is 9.85. The van der Waals surface area contributed by atoms with Crippen molar-refractivity contribution in [2.45, 2.75) is 18.5 Å². The van der Waals surface area contributed by atoms with Gasteiger partial charge in [-0.2, -0.15) is 0 Å². The van der Waals surface area contributed by atoms with Gasteiger partial charge in [-0.05, 0) is 36.2 Å². The van der Waals surface area contributed by atoms with Crippen LogP contribution in [0, 0.1) is 11.7 Å². The topological polar surface area (TPSA) is 57.3 Å². The summed E-state index contributed by atoms with van der Waals surface area (Å²) in [5.74, 6) is -0.0208. The van der Waals surface area contributed by atoms with E-state index in [1.807, 2.05) is 11.0 Å². The first kappa shape index (κ1) is 15.2. The summed E-state index contributed by atoms with van der Waals surface area (Å²) in [4.78, 5) is 18.7. The summed E-state index contributed by atoms with van der Waals surface area (Å²) in [6, 6.07) is 12.3. The molecule has 0 bridgehead atoms. The van der Waals surface area contributed by atoms with E-state index in [1.54, 1.807) is 30.5 Å². The van der Waals surface area contributed by atoms with Crippen LogP contribution in [0.5, 0.6) is 0 Å². The van der Waals surface area contributed by atoms with Crippen LogP contribution >= 0.6 is 0 Å². The molecule has 2 saturated heterocycles. The summed E-state index contributed by atoms with van der Waals surface area (Å²) in [5, 5.41) is 0. The van der Waals surface area contributed by atoms with Crippen molar-refractivity contribution in [3.8, 4) is 0 Å². The Kier molecular flexibility index (Phi) is 4.00. The minimum absolute atomic E-state index is 0.0289. The molecule has 5 nitrogen and oxygen atoms in total. The van der Waals surface area contributed by atoms with Gasteiger partial charge in [0.25, 0.3) is 5.91 Å². The van der Waals surface area contributed by atoms with Gasteiger partial charge in [-0.3, -0.25) is 15.2 Å². The highest BCUT2D eigenvalue weighted by molar-refractivity contribution is 5.92. The van der Waals surface area contributed by atoms with E-state index in [-0.39, 0.29) is 23.7 Å². The molecule has 1 aromatic heterocycles. The average Bonchev–Trinajstić information content (AvgIpc) is 3.05. The van der Waals surface area contributed by atoms with E-state index < -0.39 is 0 Å². The fourth-order valence-corrected chi connectivity index (χ4v) is 3.64. The van der Waals surface area contributed by atoms with Gasteiger partial charge < -0.3 is 4.90 Å². The summed E-state index contributed by atoms with van der Waals surface area (Å²) in [7, 11) is 0. The van der Waals surface area contributed by atoms with Crippen LogP contribution < -0.4 is 10.9 Å². The maximum absolute atomic E-state index is 13.2. The number of carbonyl (C=O) groups is 1. The van der Waals surface area contributed by atoms with Gasteiger partial charge in [-0.1, -0.05) is 18.2 Å². The third-order valence-electron chi connectivity index (χ3n) is 4.91. The van der Waals surface area contributed by atoms with Crippen molar-refractivity contribution in [3.63, 3.8) is 0 Å². The quantitative estimate of drug-likeness (QED) is 0.885. The molecule has 24 heavy (non-hydrogen) atoms. The van der Waals surface area contributed by atoms with Gasteiger partial charge in [0.1, 0.15) is 11.5 Å². The zero-order valence-corrected chi connectivity index (χ0v) is 13.2. The van der Waals surface area contributed by atoms with Crippen molar-refractivity contribution in [1.82, 2.24) is 20.7 Å². The number of rotatable bonds is 2. The minimum Gasteiger partial charge on any atom is -0.337 e. The number of halogens is 1. The molecule has 2 N–H and O–H groups in total. The van der Waals surface area contributed by atoms with Gasteiger partial charge in [0.15, 0.2) is 0 Å². The van der Waals surface area contributed by atoms with Crippen LogP contribution in [0.25, 0.3) is 0 Å². The number of hydrogen-bond acceptors (Lipinski definition) is 4. The molecule has 124 valence electrons. The van der Waals surface area contributed by atoms with Gasteiger partial charge in [-0.25, -0.2) is 9.82 Å². The first-order chi connectivity index (χ1) is 11.7. The lowest BCUT2D eigenvalue weighted by molar-refractivity contribution is 0.0646. The van der Waals surface area contributed by atoms with Gasteiger partial charge >= 0.3 is 0 Å². The second-order valence-electron chi connectivity index (χ2n) is 6.34. The first-order valence-electron chi connectivity index (χ1n) is 8.19. The van der Waals surface area contributed by atoms with Crippen LogP contribution in [0.3, 0.4) is 0 Å². The molecule has 0 spiro atoms. The van der Waals surface area contributed by atoms with Crippen molar-refractivity contribution in [2.75, 3.05) is 13.1 Å². The van der Waals surface area contributed by atoms with Crippen molar-refractivity contribution < 1.29 is 9.18 Å². The first-order valence-corrected chi connectivity index (χ1v) is 8.19. The van der Waals surface area contributed by atoms with E-state index in [0.717, 1.165) is 12.0 Å². The third-order valence-corrected chi connectivity index (χ3v) is 4.91. The summed E-state index contributed by atoms with van der Waals surface area (Å²) in [5.41, 5.74) is 8.14. The molecule has 1 aromatic carbocycles. The molecule has 3 heterocycles. The zero-order chi connectivity index (χ0) is 16.5. The second kappa shape index (κ2) is 6.30. The SMILES string of the molecule is O=C(c1ccccn1)N1CCC2NNC(c3ccc(F)cc3)C2C1. The average molecular weight is 326 g/mol. The van der Waals surface area contributed by atoms with Crippen molar-refractivity contribution >= 4 is 5.91 Å². The smallest absolute Gasteiger partial charge is 0.272 e. The molecule has 3 atom stereocenters. The summed E-state index contributed by atoms with van der Waals surface area (Å²) >= 11 is 0. The Labute approximate surface area is 139 Å². The molecule has 3 unspecified atom stereocenters. The number of hydrogen-bond donors (Lipinski definition) is 2. The Balaban J connectivity index is 1.53. The molecular weight excluding hydrogens is 307 g/mol. The number of amides is 1. The Morgan fingerprint density at radius 1 is 1.17 bits per heavy atom. The van der Waals surface area contributed by atoms with Crippen LogP contribution in [0.2, 0.25) is 0 Å². The maximum Gasteiger partial charge on any atom is 0.272 e. The Morgan fingerprint density at radius 3 is 2.75 bits per heavy atom. The van der Waals surface area contributed by atoms with Crippen LogP contribution in [-0.4, -0.2) is 34.9 Å². The van der Waals surface area contributed by atoms with Crippen molar-refractivity contribution in [1.29, 1.82) is 0 Å². The predicted octanol–water partition coefficient (Wildman–Crippen LogP) is 1.90. The molecule has 2 aromatic rings. The lowest BCUT2D eigenvalue weighted by Gasteiger charge is -2.36. The van der Waals surface area contributed by atoms with E-state index in [1.165, 1.54) is 12.1 Å². The highest BCUT2D eigenvalue weighted by atomic mass is 19.1. The Hall–Kier alpha value is -2.31. The summed E-state index contributed by atoms with van der Waals surface area (Å²) in [6.07, 6.45) is 2.52. The minimum atomic E-state index is -0.239. The molecule has 2 fully saturated rings. The number of fused-ring (bicyclic) bond motifs is 1. The molecule has 4 rings (SSSR count). The molecule has 0 radical (unpaired) electrons. The molecule has 0 saturated carbocycles. The number of benzene rings is 1. The largest absolute Gasteiger partial charge is 0.337 e. The molecule has 0 aliphatic carbocycles. The van der Waals surface area contributed by atoms with Crippen molar-refractivity contribution in [3.05, 3.63) is 65.7 Å². The zero-order valence-electron chi connectivity index (χ0n) is 13.2. The number of hydrazine groups is 1. The number of likely N-dealkylation sites (tertiary alicyclic amines) is 1. The molecule has 6 heteroatoms. The fourth-order valence-electron chi connectivity index (χ4n) is 3.64. The van der Waals surface area contributed by atoms with Gasteiger partial charge in [0, 0.05) is 31.2 Å². The van der Waals surface area contributed by atoms with Crippen molar-refractivity contribution in [2.24, 2.45) is 5.92 Å². The number of piperidine rings is 1. The predicted molar refractivity (Wildman–Crippen MR) is 87.4 cm³/mol. The number of aromatic nitrogens is 1. The number of carbonyl (C=O) groups excluding carboxylic acids is 1. The van der Waals surface area contributed by atoms with Crippen LogP contribution in [0.15, 0.2) is 48.7 Å². The molecule has 2 aliphatic heterocycles.